The quantitative estimate of drug-likeness (QED) is 0.860. The Morgan fingerprint density at radius 1 is 1.37 bits per heavy atom. The molecule has 3 rings (SSSR count). The summed E-state index contributed by atoms with van der Waals surface area (Å²) in [5.41, 5.74) is 1.22. The predicted octanol–water partition coefficient (Wildman–Crippen LogP) is 2.14. The van der Waals surface area contributed by atoms with E-state index in [0.29, 0.717) is 18.3 Å². The van der Waals surface area contributed by atoms with E-state index in [9.17, 15) is 4.79 Å². The lowest BCUT2D eigenvalue weighted by atomic mass is 10.0. The van der Waals surface area contributed by atoms with Crippen LogP contribution in [-0.4, -0.2) is 22.6 Å². The van der Waals surface area contributed by atoms with Gasteiger partial charge in [-0.3, -0.25) is 4.79 Å². The summed E-state index contributed by atoms with van der Waals surface area (Å²) in [6.45, 7) is 0.597. The van der Waals surface area contributed by atoms with Gasteiger partial charge in [0.1, 0.15) is 0 Å². The molecule has 0 amide bonds. The summed E-state index contributed by atoms with van der Waals surface area (Å²) in [5.74, 6) is 1.79. The second-order valence-corrected chi connectivity index (χ2v) is 5.50. The Hall–Kier alpha value is -1.75. The molecule has 1 unspecified atom stereocenters. The first-order valence-corrected chi connectivity index (χ1v) is 7.10. The number of methoxy groups -OCH3 is 1. The van der Waals surface area contributed by atoms with E-state index in [0.717, 1.165) is 5.75 Å². The Bertz CT molecular complexity index is 654. The summed E-state index contributed by atoms with van der Waals surface area (Å²) in [6.07, 6.45) is 0. The van der Waals surface area contributed by atoms with E-state index in [4.69, 9.17) is 4.74 Å². The average molecular weight is 274 g/mol. The van der Waals surface area contributed by atoms with Gasteiger partial charge in [-0.05, 0) is 11.6 Å². The molecule has 0 spiro atoms. The minimum atomic E-state index is -0.0878. The van der Waals surface area contributed by atoms with Crippen LogP contribution in [0.15, 0.2) is 46.1 Å². The van der Waals surface area contributed by atoms with Crippen molar-refractivity contribution in [3.05, 3.63) is 52.3 Å². The van der Waals surface area contributed by atoms with E-state index >= 15 is 0 Å². The van der Waals surface area contributed by atoms with Crippen molar-refractivity contribution < 1.29 is 4.74 Å². The Balaban J connectivity index is 1.89. The van der Waals surface area contributed by atoms with Gasteiger partial charge in [0.15, 0.2) is 0 Å². The molecule has 0 bridgehead atoms. The highest BCUT2D eigenvalue weighted by molar-refractivity contribution is 7.99. The molecule has 1 atom stereocenters. The second kappa shape index (κ2) is 5.09. The van der Waals surface area contributed by atoms with E-state index in [1.807, 2.05) is 23.9 Å². The zero-order valence-corrected chi connectivity index (χ0v) is 11.4. The molecule has 4 nitrogen and oxygen atoms in total. The van der Waals surface area contributed by atoms with Crippen molar-refractivity contribution in [2.24, 2.45) is 0 Å². The van der Waals surface area contributed by atoms with Crippen molar-refractivity contribution in [3.8, 4) is 5.88 Å². The fraction of sp³-hybridized carbons (Fsp3) is 0.286. The van der Waals surface area contributed by atoms with Crippen molar-refractivity contribution in [2.75, 3.05) is 12.9 Å². The van der Waals surface area contributed by atoms with Gasteiger partial charge in [-0.1, -0.05) is 18.2 Å². The Morgan fingerprint density at radius 3 is 3.05 bits per heavy atom. The molecule has 0 fully saturated rings. The third-order valence-electron chi connectivity index (χ3n) is 3.24. The highest BCUT2D eigenvalue weighted by Gasteiger charge is 2.23. The topological polar surface area (TPSA) is 44.1 Å². The van der Waals surface area contributed by atoms with E-state index in [1.165, 1.54) is 21.2 Å². The van der Waals surface area contributed by atoms with Crippen LogP contribution in [0.1, 0.15) is 11.5 Å². The van der Waals surface area contributed by atoms with Crippen LogP contribution in [0.4, 0.5) is 0 Å². The summed E-state index contributed by atoms with van der Waals surface area (Å²) < 4.78 is 6.56. The first-order valence-electron chi connectivity index (χ1n) is 6.12. The van der Waals surface area contributed by atoms with Crippen molar-refractivity contribution in [2.45, 2.75) is 17.4 Å². The Morgan fingerprint density at radius 2 is 2.21 bits per heavy atom. The molecule has 0 saturated carbocycles. The largest absolute Gasteiger partial charge is 0.480 e. The molecule has 0 N–H and O–H groups in total. The van der Waals surface area contributed by atoms with Gasteiger partial charge in [0, 0.05) is 28.7 Å². The highest BCUT2D eigenvalue weighted by Crippen LogP contribution is 2.39. The van der Waals surface area contributed by atoms with Gasteiger partial charge in [-0.25, -0.2) is 4.68 Å². The van der Waals surface area contributed by atoms with Crippen LogP contribution in [0.2, 0.25) is 0 Å². The predicted molar refractivity (Wildman–Crippen MR) is 75.0 cm³/mol. The van der Waals surface area contributed by atoms with E-state index < -0.39 is 0 Å². The van der Waals surface area contributed by atoms with E-state index in [2.05, 4.69) is 17.2 Å². The number of nitrogens with zero attached hydrogens (tertiary/aromatic N) is 2. The van der Waals surface area contributed by atoms with Crippen LogP contribution >= 0.6 is 11.8 Å². The molecule has 0 saturated heterocycles. The Labute approximate surface area is 115 Å². The monoisotopic (exact) mass is 274 g/mol. The SMILES string of the molecule is COc1ccc(=O)n(CC2CSc3ccccc32)n1. The maximum Gasteiger partial charge on any atom is 0.266 e. The van der Waals surface area contributed by atoms with Gasteiger partial charge in [0.2, 0.25) is 5.88 Å². The molecule has 19 heavy (non-hydrogen) atoms. The van der Waals surface area contributed by atoms with Crippen LogP contribution in [0.25, 0.3) is 0 Å². The Kier molecular flexibility index (Phi) is 3.29. The van der Waals surface area contributed by atoms with Crippen LogP contribution in [0, 0.1) is 0 Å². The molecule has 1 aromatic carbocycles. The number of hydrogen-bond acceptors (Lipinski definition) is 4. The molecule has 2 aromatic rings. The van der Waals surface area contributed by atoms with Gasteiger partial charge < -0.3 is 4.74 Å². The van der Waals surface area contributed by atoms with Crippen molar-refractivity contribution in [3.63, 3.8) is 0 Å². The van der Waals surface area contributed by atoms with Gasteiger partial charge in [-0.15, -0.1) is 16.9 Å². The summed E-state index contributed by atoms with van der Waals surface area (Å²) in [4.78, 5) is 13.1. The second-order valence-electron chi connectivity index (χ2n) is 4.44. The van der Waals surface area contributed by atoms with Gasteiger partial charge >= 0.3 is 0 Å². The van der Waals surface area contributed by atoms with Gasteiger partial charge in [-0.2, -0.15) is 0 Å². The number of benzene rings is 1. The lowest BCUT2D eigenvalue weighted by Crippen LogP contribution is -2.25. The smallest absolute Gasteiger partial charge is 0.266 e. The van der Waals surface area contributed by atoms with Gasteiger partial charge in [0.05, 0.1) is 13.7 Å². The standard InChI is InChI=1S/C14H14N2O2S/c1-18-13-6-7-14(17)16(15-13)8-10-9-19-12-5-3-2-4-11(10)12/h2-7,10H,8-9H2,1H3. The lowest BCUT2D eigenvalue weighted by molar-refractivity contribution is 0.371. The molecule has 0 aliphatic carbocycles. The van der Waals surface area contributed by atoms with E-state index in [1.54, 1.807) is 13.2 Å². The molecule has 1 aromatic heterocycles. The molecule has 1 aliphatic rings. The number of ether oxygens (including phenoxy) is 1. The van der Waals surface area contributed by atoms with Crippen molar-refractivity contribution >= 4 is 11.8 Å². The number of thioether (sulfide) groups is 1. The summed E-state index contributed by atoms with van der Waals surface area (Å²) in [7, 11) is 1.55. The third-order valence-corrected chi connectivity index (χ3v) is 4.50. The van der Waals surface area contributed by atoms with Crippen molar-refractivity contribution in [1.29, 1.82) is 0 Å². The number of fused-ring (bicyclic) bond motifs is 1. The fourth-order valence-electron chi connectivity index (χ4n) is 2.26. The van der Waals surface area contributed by atoms with Crippen LogP contribution < -0.4 is 10.3 Å². The maximum atomic E-state index is 11.8. The molecule has 0 radical (unpaired) electrons. The summed E-state index contributed by atoms with van der Waals surface area (Å²) in [6, 6.07) is 11.4. The third kappa shape index (κ3) is 2.38. The molecule has 98 valence electrons. The molecular formula is C14H14N2O2S. The zero-order valence-electron chi connectivity index (χ0n) is 10.6. The van der Waals surface area contributed by atoms with Gasteiger partial charge in [0.25, 0.3) is 5.56 Å². The van der Waals surface area contributed by atoms with Crippen LogP contribution in [0.5, 0.6) is 5.88 Å². The summed E-state index contributed by atoms with van der Waals surface area (Å²) in [5, 5.41) is 4.20. The molecule has 2 heterocycles. The fourth-order valence-corrected chi connectivity index (χ4v) is 3.50. The average Bonchev–Trinajstić information content (AvgIpc) is 2.85. The first-order chi connectivity index (χ1) is 9.28. The molecular weight excluding hydrogens is 260 g/mol. The number of hydrogen-bond donors (Lipinski definition) is 0. The minimum Gasteiger partial charge on any atom is -0.480 e. The first kappa shape index (κ1) is 12.3. The van der Waals surface area contributed by atoms with E-state index in [-0.39, 0.29) is 5.56 Å². The maximum absolute atomic E-state index is 11.8. The normalized spacial score (nSPS) is 17.2. The number of aromatic nitrogens is 2. The summed E-state index contributed by atoms with van der Waals surface area (Å²) >= 11 is 1.84. The lowest BCUT2D eigenvalue weighted by Gasteiger charge is -2.12. The van der Waals surface area contributed by atoms with Crippen molar-refractivity contribution in [1.82, 2.24) is 9.78 Å². The molecule has 5 heteroatoms. The highest BCUT2D eigenvalue weighted by atomic mass is 32.2. The van der Waals surface area contributed by atoms with Crippen LogP contribution in [-0.2, 0) is 6.54 Å². The minimum absolute atomic E-state index is 0.0878. The molecule has 1 aliphatic heterocycles. The number of rotatable bonds is 3. The van der Waals surface area contributed by atoms with Crippen LogP contribution in [0.3, 0.4) is 0 Å². The zero-order chi connectivity index (χ0) is 13.2.